The topological polar surface area (TPSA) is 98.0 Å². The number of aliphatic hydroxyl groups excluding tert-OH is 2. The fraction of sp³-hybridized carbons (Fsp3) is 0.750. The minimum absolute atomic E-state index is 0.229. The van der Waals surface area contributed by atoms with Gasteiger partial charge in [0.25, 0.3) is 0 Å². The third-order valence-electron chi connectivity index (χ3n) is 7.94. The van der Waals surface area contributed by atoms with Crippen LogP contribution in [0.25, 0.3) is 0 Å². The lowest BCUT2D eigenvalue weighted by Gasteiger charge is -2.63. The number of carboxylic acid groups (broad SMARTS) is 1. The van der Waals surface area contributed by atoms with E-state index in [1.54, 1.807) is 6.08 Å². The minimum atomic E-state index is -1.62. The zero-order valence-corrected chi connectivity index (χ0v) is 15.4. The molecule has 4 N–H and O–H groups in total. The molecule has 25 heavy (non-hydrogen) atoms. The van der Waals surface area contributed by atoms with Gasteiger partial charge in [0.2, 0.25) is 0 Å². The quantitative estimate of drug-likeness (QED) is 0.573. The molecule has 0 spiro atoms. The second-order valence-corrected chi connectivity index (χ2v) is 8.87. The molecular formula is C20H30O5. The number of hydrogen-bond acceptors (Lipinski definition) is 4. The molecule has 0 radical (unpaired) electrons. The van der Waals surface area contributed by atoms with E-state index in [1.165, 1.54) is 6.92 Å². The number of carboxylic acids is 1. The van der Waals surface area contributed by atoms with E-state index in [9.17, 15) is 25.2 Å². The summed E-state index contributed by atoms with van der Waals surface area (Å²) < 4.78 is 0. The smallest absolute Gasteiger partial charge is 0.314 e. The molecule has 3 aliphatic rings. The molecular weight excluding hydrogens is 320 g/mol. The van der Waals surface area contributed by atoms with Crippen molar-refractivity contribution in [3.63, 3.8) is 0 Å². The van der Waals surface area contributed by atoms with E-state index in [2.05, 4.69) is 6.58 Å². The summed E-state index contributed by atoms with van der Waals surface area (Å²) in [7, 11) is 0. The standard InChI is InChI=1S/C20H30O5/c1-5-17(2)9-7-13-12(15(17)22)6-11-20(25)18(13,3)10-8-14(21)19(20,4)16(23)24/h5,14-15,21-22,25H,1,6-11H2,2-4H3,(H,23,24)/t14-,15-,17-,18-,19-,20+/m1/s1. The molecule has 5 heteroatoms. The maximum Gasteiger partial charge on any atom is 0.314 e. The third-order valence-corrected chi connectivity index (χ3v) is 7.94. The van der Waals surface area contributed by atoms with Crippen LogP contribution in [0.1, 0.15) is 59.3 Å². The van der Waals surface area contributed by atoms with Crippen LogP contribution in [0.2, 0.25) is 0 Å². The first-order valence-corrected chi connectivity index (χ1v) is 9.16. The summed E-state index contributed by atoms with van der Waals surface area (Å²) in [6.45, 7) is 9.24. The van der Waals surface area contributed by atoms with Gasteiger partial charge in [-0.05, 0) is 51.0 Å². The Morgan fingerprint density at radius 2 is 1.80 bits per heavy atom. The Labute approximate surface area is 149 Å². The minimum Gasteiger partial charge on any atom is -0.481 e. The second-order valence-electron chi connectivity index (χ2n) is 8.87. The van der Waals surface area contributed by atoms with Crippen LogP contribution in [-0.2, 0) is 4.79 Å². The monoisotopic (exact) mass is 350 g/mol. The fourth-order valence-corrected chi connectivity index (χ4v) is 5.73. The molecule has 5 nitrogen and oxygen atoms in total. The summed E-state index contributed by atoms with van der Waals surface area (Å²) >= 11 is 0. The first-order valence-electron chi connectivity index (χ1n) is 9.16. The Bertz CT molecular complexity index is 654. The molecule has 1 fully saturated rings. The summed E-state index contributed by atoms with van der Waals surface area (Å²) in [4.78, 5) is 12.1. The summed E-state index contributed by atoms with van der Waals surface area (Å²) in [6, 6.07) is 0. The molecule has 0 amide bonds. The molecule has 0 bridgehead atoms. The largest absolute Gasteiger partial charge is 0.481 e. The van der Waals surface area contributed by atoms with Gasteiger partial charge in [-0.25, -0.2) is 0 Å². The van der Waals surface area contributed by atoms with Crippen molar-refractivity contribution in [2.75, 3.05) is 0 Å². The molecule has 140 valence electrons. The number of hydrogen-bond donors (Lipinski definition) is 4. The molecule has 3 aliphatic carbocycles. The van der Waals surface area contributed by atoms with Crippen molar-refractivity contribution in [1.82, 2.24) is 0 Å². The molecule has 0 saturated heterocycles. The highest BCUT2D eigenvalue weighted by molar-refractivity contribution is 5.78. The highest BCUT2D eigenvalue weighted by Crippen LogP contribution is 2.65. The van der Waals surface area contributed by atoms with Gasteiger partial charge in [-0.2, -0.15) is 0 Å². The van der Waals surface area contributed by atoms with Crippen molar-refractivity contribution in [2.24, 2.45) is 16.2 Å². The van der Waals surface area contributed by atoms with Crippen LogP contribution in [0.5, 0.6) is 0 Å². The molecule has 6 atom stereocenters. The van der Waals surface area contributed by atoms with Crippen molar-refractivity contribution in [3.05, 3.63) is 23.8 Å². The van der Waals surface area contributed by atoms with Crippen molar-refractivity contribution in [1.29, 1.82) is 0 Å². The Hall–Kier alpha value is -1.17. The van der Waals surface area contributed by atoms with Crippen LogP contribution < -0.4 is 0 Å². The van der Waals surface area contributed by atoms with Gasteiger partial charge < -0.3 is 20.4 Å². The molecule has 0 aliphatic heterocycles. The number of carbonyl (C=O) groups is 1. The normalized spacial score (nSPS) is 50.0. The van der Waals surface area contributed by atoms with E-state index >= 15 is 0 Å². The first kappa shape index (κ1) is 18.6. The van der Waals surface area contributed by atoms with Crippen LogP contribution in [0.3, 0.4) is 0 Å². The van der Waals surface area contributed by atoms with Crippen molar-refractivity contribution in [3.8, 4) is 0 Å². The number of fused-ring (bicyclic) bond motifs is 2. The van der Waals surface area contributed by atoms with E-state index in [4.69, 9.17) is 0 Å². The Kier molecular flexibility index (Phi) is 4.03. The Morgan fingerprint density at radius 3 is 2.36 bits per heavy atom. The van der Waals surface area contributed by atoms with Gasteiger partial charge in [0, 0.05) is 10.8 Å². The maximum atomic E-state index is 12.1. The number of rotatable bonds is 2. The summed E-state index contributed by atoms with van der Waals surface area (Å²) in [5.74, 6) is -1.16. The third kappa shape index (κ3) is 2.03. The van der Waals surface area contributed by atoms with Gasteiger partial charge in [-0.1, -0.05) is 25.5 Å². The lowest BCUT2D eigenvalue weighted by Crippen LogP contribution is -2.70. The average molecular weight is 350 g/mol. The summed E-state index contributed by atoms with van der Waals surface area (Å²) in [6.07, 6.45) is 3.01. The van der Waals surface area contributed by atoms with Crippen molar-refractivity contribution in [2.45, 2.75) is 77.1 Å². The van der Waals surface area contributed by atoms with E-state index in [0.717, 1.165) is 11.1 Å². The molecule has 3 rings (SSSR count). The van der Waals surface area contributed by atoms with Crippen LogP contribution in [0.4, 0.5) is 0 Å². The lowest BCUT2D eigenvalue weighted by atomic mass is 9.44. The van der Waals surface area contributed by atoms with Crippen molar-refractivity contribution >= 4 is 5.97 Å². The van der Waals surface area contributed by atoms with Crippen LogP contribution in [0.15, 0.2) is 23.8 Å². The van der Waals surface area contributed by atoms with Gasteiger partial charge in [-0.3, -0.25) is 4.79 Å². The first-order chi connectivity index (χ1) is 11.5. The molecule has 1 saturated carbocycles. The van der Waals surface area contributed by atoms with Gasteiger partial charge in [0.05, 0.1) is 17.8 Å². The highest BCUT2D eigenvalue weighted by Gasteiger charge is 2.69. The van der Waals surface area contributed by atoms with Gasteiger partial charge >= 0.3 is 5.97 Å². The van der Waals surface area contributed by atoms with E-state index < -0.39 is 40.0 Å². The molecule has 0 heterocycles. The van der Waals surface area contributed by atoms with Gasteiger partial charge in [-0.15, -0.1) is 6.58 Å². The predicted octanol–water partition coefficient (Wildman–Crippen LogP) is 2.41. The molecule has 0 unspecified atom stereocenters. The zero-order valence-electron chi connectivity index (χ0n) is 15.4. The fourth-order valence-electron chi connectivity index (χ4n) is 5.73. The molecule has 0 aromatic rings. The summed E-state index contributed by atoms with van der Waals surface area (Å²) in [5.41, 5.74) is -2.38. The molecule has 0 aromatic carbocycles. The van der Waals surface area contributed by atoms with E-state index in [1.807, 2.05) is 13.8 Å². The van der Waals surface area contributed by atoms with Crippen LogP contribution >= 0.6 is 0 Å². The Balaban J connectivity index is 2.16. The number of aliphatic hydroxyl groups is 3. The SMILES string of the molecule is C=C[C@]1(C)CCC2=C(CC[C@@]3(O)[C@@](C)(C(=O)O)[C@H](O)CC[C@]23C)[C@H]1O. The lowest BCUT2D eigenvalue weighted by molar-refractivity contribution is -0.235. The average Bonchev–Trinajstić information content (AvgIpc) is 2.57. The molecule has 0 aromatic heterocycles. The summed E-state index contributed by atoms with van der Waals surface area (Å²) in [5, 5.41) is 42.9. The van der Waals surface area contributed by atoms with E-state index in [0.29, 0.717) is 32.1 Å². The van der Waals surface area contributed by atoms with Crippen LogP contribution in [-0.4, -0.2) is 44.2 Å². The zero-order chi connectivity index (χ0) is 18.8. The van der Waals surface area contributed by atoms with Gasteiger partial charge in [0.1, 0.15) is 5.41 Å². The Morgan fingerprint density at radius 1 is 1.16 bits per heavy atom. The van der Waals surface area contributed by atoms with Crippen molar-refractivity contribution < 1.29 is 25.2 Å². The number of aliphatic carboxylic acids is 1. The van der Waals surface area contributed by atoms with Gasteiger partial charge in [0.15, 0.2) is 0 Å². The maximum absolute atomic E-state index is 12.1. The second kappa shape index (κ2) is 5.41. The predicted molar refractivity (Wildman–Crippen MR) is 93.8 cm³/mol. The van der Waals surface area contributed by atoms with Crippen LogP contribution in [0, 0.1) is 16.2 Å². The van der Waals surface area contributed by atoms with E-state index in [-0.39, 0.29) is 6.42 Å². The highest BCUT2D eigenvalue weighted by atomic mass is 16.4.